The van der Waals surface area contributed by atoms with E-state index in [9.17, 15) is 33.9 Å². The molecule has 6 N–H and O–H groups in total. The van der Waals surface area contributed by atoms with E-state index in [-0.39, 0.29) is 31.7 Å². The van der Waals surface area contributed by atoms with Crippen LogP contribution in [0, 0.1) is 13.8 Å². The highest BCUT2D eigenvalue weighted by molar-refractivity contribution is 6.08. The van der Waals surface area contributed by atoms with Gasteiger partial charge in [-0.05, 0) is 70.9 Å². The molecule has 0 saturated carbocycles. The highest BCUT2D eigenvalue weighted by Crippen LogP contribution is 2.23. The van der Waals surface area contributed by atoms with E-state index in [4.69, 9.17) is 0 Å². The molecule has 4 heterocycles. The van der Waals surface area contributed by atoms with Crippen molar-refractivity contribution >= 4 is 46.5 Å². The van der Waals surface area contributed by atoms with Crippen LogP contribution in [0.1, 0.15) is 79.7 Å². The first kappa shape index (κ1) is 39.8. The van der Waals surface area contributed by atoms with Crippen LogP contribution in [0.5, 0.6) is 0 Å². The number of nitrogens with zero attached hydrogens (tertiary/aromatic N) is 4. The van der Waals surface area contributed by atoms with Gasteiger partial charge in [-0.1, -0.05) is 37.3 Å². The van der Waals surface area contributed by atoms with E-state index in [1.54, 1.807) is 38.6 Å². The molecule has 2 aromatic heterocycles. The molecule has 2 aliphatic rings. The Bertz CT molecular complexity index is 1880. The van der Waals surface area contributed by atoms with Gasteiger partial charge >= 0.3 is 0 Å². The number of aliphatic hydroxyl groups is 1. The van der Waals surface area contributed by atoms with Crippen LogP contribution >= 0.6 is 0 Å². The number of carbonyl (C=O) groups excluding carboxylic acids is 6. The number of amides is 6. The van der Waals surface area contributed by atoms with Crippen LogP contribution in [0.2, 0.25) is 0 Å². The van der Waals surface area contributed by atoms with E-state index >= 15 is 0 Å². The summed E-state index contributed by atoms with van der Waals surface area (Å²) in [6.45, 7) is 7.12. The largest absolute Gasteiger partial charge is 0.391 e. The van der Waals surface area contributed by atoms with Crippen LogP contribution in [0.3, 0.4) is 0 Å². The van der Waals surface area contributed by atoms with Gasteiger partial charge < -0.3 is 36.6 Å². The quantitative estimate of drug-likeness (QED) is 0.206. The summed E-state index contributed by atoms with van der Waals surface area (Å²) in [6.07, 6.45) is 0.974. The number of benzene rings is 1. The second-order valence-corrected chi connectivity index (χ2v) is 14.2. The zero-order valence-corrected chi connectivity index (χ0v) is 31.5. The Morgan fingerprint density at radius 2 is 1.67 bits per heavy atom. The van der Waals surface area contributed by atoms with Crippen molar-refractivity contribution in [3.63, 3.8) is 0 Å². The Kier molecular flexibility index (Phi) is 13.0. The number of aryl methyl sites for hydroxylation is 3. The van der Waals surface area contributed by atoms with Gasteiger partial charge in [0.2, 0.25) is 29.5 Å². The summed E-state index contributed by atoms with van der Waals surface area (Å²) in [5.74, 6) is -3.44. The number of hydrogen-bond donors (Lipinski definition) is 6. The van der Waals surface area contributed by atoms with E-state index in [1.807, 2.05) is 30.3 Å². The highest BCUT2D eigenvalue weighted by Gasteiger charge is 2.39. The van der Waals surface area contributed by atoms with Crippen LogP contribution in [0.4, 0.5) is 0 Å². The number of hydrogen-bond acceptors (Lipinski definition) is 9. The van der Waals surface area contributed by atoms with Crippen LogP contribution in [-0.2, 0) is 37.4 Å². The normalized spacial score (nSPS) is 24.3. The fraction of sp³-hybridized carbons (Fsp3) is 0.526. The van der Waals surface area contributed by atoms with E-state index < -0.39 is 65.8 Å². The minimum Gasteiger partial charge on any atom is -0.391 e. The van der Waals surface area contributed by atoms with Crippen molar-refractivity contribution in [1.82, 2.24) is 46.2 Å². The molecular formula is C38H51N9O7. The van der Waals surface area contributed by atoms with Gasteiger partial charge in [-0.3, -0.25) is 33.4 Å². The SMILES string of the molecule is CC[C@@H]1NC(=O)[C@@H](NC(=O)c2cc(C)nc3c2c(C)nn3C)CCCCNC(=O)[C@@H]2CCCN2C(=O)[C@@H](Cc2ccccc2)NC(=O)[C@H]([C@@H](C)O)NC1=O. The molecule has 3 aromatic rings. The molecule has 54 heavy (non-hydrogen) atoms. The number of rotatable bonds is 6. The van der Waals surface area contributed by atoms with Gasteiger partial charge in [0.05, 0.1) is 22.7 Å². The molecule has 5 rings (SSSR count). The lowest BCUT2D eigenvalue weighted by atomic mass is 10.0. The van der Waals surface area contributed by atoms with Gasteiger partial charge in [0.15, 0.2) is 5.65 Å². The average molecular weight is 746 g/mol. The molecule has 16 nitrogen and oxygen atoms in total. The Morgan fingerprint density at radius 3 is 2.37 bits per heavy atom. The molecular weight excluding hydrogens is 694 g/mol. The third kappa shape index (κ3) is 9.21. The van der Waals surface area contributed by atoms with Crippen molar-refractivity contribution in [2.75, 3.05) is 13.1 Å². The zero-order valence-electron chi connectivity index (χ0n) is 31.5. The molecule has 1 aromatic carbocycles. The van der Waals surface area contributed by atoms with Gasteiger partial charge in [0.1, 0.15) is 30.2 Å². The van der Waals surface area contributed by atoms with Crippen LogP contribution in [0.25, 0.3) is 11.0 Å². The van der Waals surface area contributed by atoms with Crippen molar-refractivity contribution in [2.24, 2.45) is 7.05 Å². The van der Waals surface area contributed by atoms with Crippen molar-refractivity contribution in [3.8, 4) is 0 Å². The minimum atomic E-state index is -1.48. The summed E-state index contributed by atoms with van der Waals surface area (Å²) < 4.78 is 1.59. The number of pyridine rings is 1. The molecule has 0 spiro atoms. The Balaban J connectivity index is 1.43. The van der Waals surface area contributed by atoms with Crippen LogP contribution < -0.4 is 26.6 Å². The number of nitrogens with one attached hydrogen (secondary N) is 5. The third-order valence-corrected chi connectivity index (χ3v) is 10.0. The summed E-state index contributed by atoms with van der Waals surface area (Å²) in [6, 6.07) is 5.19. The minimum absolute atomic E-state index is 0.114. The second kappa shape index (κ2) is 17.6. The summed E-state index contributed by atoms with van der Waals surface area (Å²) in [4.78, 5) is 88.6. The molecule has 2 saturated heterocycles. The zero-order chi connectivity index (χ0) is 39.1. The summed E-state index contributed by atoms with van der Waals surface area (Å²) in [7, 11) is 1.73. The Labute approximate surface area is 314 Å². The first-order valence-corrected chi connectivity index (χ1v) is 18.6. The summed E-state index contributed by atoms with van der Waals surface area (Å²) in [5.41, 5.74) is 2.77. The molecule has 6 amide bonds. The van der Waals surface area contributed by atoms with Gasteiger partial charge in [-0.15, -0.1) is 0 Å². The third-order valence-electron chi connectivity index (χ3n) is 10.0. The number of carbonyl (C=O) groups is 6. The van der Waals surface area contributed by atoms with Crippen molar-refractivity contribution in [2.45, 2.75) is 109 Å². The molecule has 6 atom stereocenters. The fourth-order valence-electron chi connectivity index (χ4n) is 7.16. The van der Waals surface area contributed by atoms with E-state index in [1.165, 1.54) is 11.8 Å². The maximum atomic E-state index is 14.1. The summed E-state index contributed by atoms with van der Waals surface area (Å²) in [5, 5.41) is 29.4. The molecule has 2 aliphatic heterocycles. The van der Waals surface area contributed by atoms with E-state index in [2.05, 4.69) is 36.7 Å². The molecule has 0 aliphatic carbocycles. The standard InChI is InChI=1S/C38H51N9O7/c1-6-26-34(50)44-31(23(4)48)37(53)43-28(20-24-13-8-7-9-14-24)38(54)47-18-12-16-29(47)36(52)39-17-11-10-15-27(35(51)41-26)42-33(49)25-19-21(2)40-32-30(25)22(3)45-46(32)5/h7-9,13-14,19,23,26-29,31,48H,6,10-12,15-18,20H2,1-5H3,(H,39,52)(H,41,51)(H,42,49)(H,43,53)(H,44,50)/t23-,26+,27+,28-,29+,31+/m1/s1. The lowest BCUT2D eigenvalue weighted by molar-refractivity contribution is -0.142. The average Bonchev–Trinajstić information content (AvgIpc) is 3.74. The molecule has 2 fully saturated rings. The van der Waals surface area contributed by atoms with E-state index in [0.717, 1.165) is 5.56 Å². The predicted molar refractivity (Wildman–Crippen MR) is 199 cm³/mol. The van der Waals surface area contributed by atoms with Gasteiger partial charge in [0, 0.05) is 32.3 Å². The Morgan fingerprint density at radius 1 is 0.944 bits per heavy atom. The Hall–Kier alpha value is -5.38. The molecule has 0 unspecified atom stereocenters. The maximum Gasteiger partial charge on any atom is 0.252 e. The predicted octanol–water partition coefficient (Wildman–Crippen LogP) is 0.463. The molecule has 16 heteroatoms. The molecule has 0 radical (unpaired) electrons. The van der Waals surface area contributed by atoms with Crippen molar-refractivity contribution in [1.29, 1.82) is 0 Å². The highest BCUT2D eigenvalue weighted by atomic mass is 16.3. The number of aliphatic hydroxyl groups excluding tert-OH is 1. The van der Waals surface area contributed by atoms with Crippen LogP contribution in [0.15, 0.2) is 36.4 Å². The monoisotopic (exact) mass is 745 g/mol. The summed E-state index contributed by atoms with van der Waals surface area (Å²) >= 11 is 0. The smallest absolute Gasteiger partial charge is 0.252 e. The maximum absolute atomic E-state index is 14.1. The van der Waals surface area contributed by atoms with Gasteiger partial charge in [0.25, 0.3) is 5.91 Å². The topological polar surface area (TPSA) is 217 Å². The lowest BCUT2D eigenvalue weighted by Gasteiger charge is -2.30. The lowest BCUT2D eigenvalue weighted by Crippen LogP contribution is -2.61. The number of aromatic nitrogens is 3. The van der Waals surface area contributed by atoms with Crippen molar-refractivity contribution < 1.29 is 33.9 Å². The molecule has 290 valence electrons. The number of fused-ring (bicyclic) bond motifs is 2. The first-order valence-electron chi connectivity index (χ1n) is 18.6. The first-order chi connectivity index (χ1) is 25.8. The van der Waals surface area contributed by atoms with E-state index in [0.29, 0.717) is 60.2 Å². The molecule has 0 bridgehead atoms. The second-order valence-electron chi connectivity index (χ2n) is 14.2. The van der Waals surface area contributed by atoms with Crippen molar-refractivity contribution in [3.05, 3.63) is 58.9 Å². The fourth-order valence-corrected chi connectivity index (χ4v) is 7.16. The van der Waals surface area contributed by atoms with Gasteiger partial charge in [-0.2, -0.15) is 5.10 Å². The van der Waals surface area contributed by atoms with Gasteiger partial charge in [-0.25, -0.2) is 4.98 Å². The van der Waals surface area contributed by atoms with Crippen LogP contribution in [-0.4, -0.2) is 110 Å².